The van der Waals surface area contributed by atoms with Gasteiger partial charge in [0.05, 0.1) is 12.3 Å². The molecule has 2 aromatic heterocycles. The molecule has 4 heterocycles. The summed E-state index contributed by atoms with van der Waals surface area (Å²) in [6, 6.07) is 3.13. The van der Waals surface area contributed by atoms with Gasteiger partial charge in [-0.25, -0.2) is 17.9 Å². The molecule has 9 nitrogen and oxygen atoms in total. The summed E-state index contributed by atoms with van der Waals surface area (Å²) in [5.41, 5.74) is 2.76. The number of sulfonamides is 1. The molecule has 5 rings (SSSR count). The first-order chi connectivity index (χ1) is 15.4. The highest BCUT2D eigenvalue weighted by Crippen LogP contribution is 2.38. The summed E-state index contributed by atoms with van der Waals surface area (Å²) in [4.78, 5) is 17.3. The number of hydrogen-bond acceptors (Lipinski definition) is 6. The van der Waals surface area contributed by atoms with Crippen LogP contribution in [-0.4, -0.2) is 66.6 Å². The number of fused-ring (bicyclic) bond motifs is 1. The Labute approximate surface area is 187 Å². The molecular formula is C22H29N3O6S. The van der Waals surface area contributed by atoms with E-state index >= 15 is 0 Å². The second-order valence-electron chi connectivity index (χ2n) is 9.17. The summed E-state index contributed by atoms with van der Waals surface area (Å²) in [7, 11) is -3.62. The van der Waals surface area contributed by atoms with Crippen molar-refractivity contribution < 1.29 is 27.5 Å². The topological polar surface area (TPSA) is 122 Å². The van der Waals surface area contributed by atoms with E-state index in [1.807, 2.05) is 12.1 Å². The zero-order valence-electron chi connectivity index (χ0n) is 17.9. The van der Waals surface area contributed by atoms with E-state index in [-0.39, 0.29) is 18.5 Å². The molecule has 2 unspecified atom stereocenters. The molecule has 10 heteroatoms. The molecule has 2 saturated heterocycles. The van der Waals surface area contributed by atoms with Gasteiger partial charge < -0.3 is 19.2 Å². The number of amides is 1. The van der Waals surface area contributed by atoms with Crippen molar-refractivity contribution in [1.29, 1.82) is 0 Å². The molecule has 2 aromatic rings. The molecule has 3 fully saturated rings. The first kappa shape index (κ1) is 21.7. The van der Waals surface area contributed by atoms with Crippen LogP contribution in [0.1, 0.15) is 50.0 Å². The molecule has 2 N–H and O–H groups in total. The highest BCUT2D eigenvalue weighted by molar-refractivity contribution is 7.90. The Kier molecular flexibility index (Phi) is 5.85. The fourth-order valence-electron chi connectivity index (χ4n) is 5.61. The van der Waals surface area contributed by atoms with Crippen LogP contribution in [0.4, 0.5) is 4.79 Å². The number of likely N-dealkylation sites (tertiary alicyclic amines) is 1. The van der Waals surface area contributed by atoms with Crippen LogP contribution in [0, 0.1) is 5.92 Å². The number of hydrogen-bond donors (Lipinski definition) is 2. The lowest BCUT2D eigenvalue weighted by Gasteiger charge is -2.50. The first-order valence-electron chi connectivity index (χ1n) is 11.3. The van der Waals surface area contributed by atoms with Crippen molar-refractivity contribution in [3.05, 3.63) is 30.2 Å². The normalized spacial score (nSPS) is 29.7. The third-order valence-electron chi connectivity index (χ3n) is 7.37. The summed E-state index contributed by atoms with van der Waals surface area (Å²) in [6.07, 6.45) is 7.06. The molecule has 3 aliphatic rings. The number of carbonyl (C=O) groups is 1. The average molecular weight is 464 g/mol. The lowest BCUT2D eigenvalue weighted by atomic mass is 9.82. The number of rotatable bonds is 5. The number of pyridine rings is 1. The number of aromatic nitrogens is 1. The molecule has 2 atom stereocenters. The van der Waals surface area contributed by atoms with E-state index < -0.39 is 27.4 Å². The predicted molar refractivity (Wildman–Crippen MR) is 117 cm³/mol. The van der Waals surface area contributed by atoms with E-state index in [1.54, 1.807) is 12.5 Å². The first-order valence-corrected chi connectivity index (χ1v) is 12.9. The van der Waals surface area contributed by atoms with Crippen LogP contribution in [0.5, 0.6) is 0 Å². The van der Waals surface area contributed by atoms with Gasteiger partial charge in [-0.1, -0.05) is 0 Å². The average Bonchev–Trinajstić information content (AvgIpc) is 3.18. The van der Waals surface area contributed by atoms with Crippen LogP contribution in [-0.2, 0) is 14.8 Å². The summed E-state index contributed by atoms with van der Waals surface area (Å²) >= 11 is 0. The number of nitrogens with one attached hydrogen (secondary N) is 1. The highest BCUT2D eigenvalue weighted by Gasteiger charge is 2.53. The predicted octanol–water partition coefficient (Wildman–Crippen LogP) is 2.93. The fourth-order valence-corrected chi connectivity index (χ4v) is 7.57. The van der Waals surface area contributed by atoms with Crippen molar-refractivity contribution in [3.63, 3.8) is 0 Å². The SMILES string of the molecule is O=C(O)N1CC(S(=O)(=O)NC2CCC(c3coc4cccnc34)CC2)C1C1CCOCC1. The van der Waals surface area contributed by atoms with E-state index in [1.165, 1.54) is 4.90 Å². The molecule has 1 amide bonds. The molecule has 0 radical (unpaired) electrons. The maximum Gasteiger partial charge on any atom is 0.407 e. The van der Waals surface area contributed by atoms with Gasteiger partial charge in [0.1, 0.15) is 10.8 Å². The molecule has 0 bridgehead atoms. The van der Waals surface area contributed by atoms with Crippen LogP contribution in [0.2, 0.25) is 0 Å². The van der Waals surface area contributed by atoms with E-state index in [0.29, 0.717) is 32.0 Å². The molecule has 0 aromatic carbocycles. The Morgan fingerprint density at radius 2 is 1.91 bits per heavy atom. The summed E-state index contributed by atoms with van der Waals surface area (Å²) in [6.45, 7) is 1.14. The van der Waals surface area contributed by atoms with Crippen LogP contribution in [0.3, 0.4) is 0 Å². The summed E-state index contributed by atoms with van der Waals surface area (Å²) in [5.74, 6) is 0.320. The van der Waals surface area contributed by atoms with Crippen molar-refractivity contribution in [2.75, 3.05) is 19.8 Å². The highest BCUT2D eigenvalue weighted by atomic mass is 32.2. The van der Waals surface area contributed by atoms with Gasteiger partial charge in [0.25, 0.3) is 0 Å². The van der Waals surface area contributed by atoms with Crippen molar-refractivity contribution in [1.82, 2.24) is 14.6 Å². The Morgan fingerprint density at radius 3 is 2.62 bits per heavy atom. The number of ether oxygens (including phenoxy) is 1. The second kappa shape index (κ2) is 8.64. The second-order valence-corrected chi connectivity index (χ2v) is 11.1. The van der Waals surface area contributed by atoms with Crippen LogP contribution < -0.4 is 4.72 Å². The minimum absolute atomic E-state index is 0.0211. The van der Waals surface area contributed by atoms with Crippen LogP contribution in [0.15, 0.2) is 29.0 Å². The standard InChI is InChI=1S/C22H29N3O6S/c26-22(27)25-12-19(21(25)15-7-10-30-11-8-15)32(28,29)24-16-5-3-14(4-6-16)17-13-31-18-2-1-9-23-20(17)18/h1-2,9,13-16,19,21,24H,3-8,10-12H2,(H,26,27). The van der Waals surface area contributed by atoms with E-state index in [0.717, 1.165) is 42.3 Å². The van der Waals surface area contributed by atoms with Gasteiger partial charge in [-0.3, -0.25) is 4.98 Å². The zero-order chi connectivity index (χ0) is 22.3. The Hall–Kier alpha value is -2.17. The molecule has 174 valence electrons. The smallest absolute Gasteiger partial charge is 0.407 e. The molecule has 1 saturated carbocycles. The van der Waals surface area contributed by atoms with Gasteiger partial charge in [0, 0.05) is 37.6 Å². The quantitative estimate of drug-likeness (QED) is 0.699. The number of furan rings is 1. The number of nitrogens with zero attached hydrogens (tertiary/aromatic N) is 2. The van der Waals surface area contributed by atoms with Gasteiger partial charge in [-0.05, 0) is 62.5 Å². The maximum atomic E-state index is 13.2. The Balaban J connectivity index is 1.23. The Morgan fingerprint density at radius 1 is 1.16 bits per heavy atom. The monoisotopic (exact) mass is 463 g/mol. The van der Waals surface area contributed by atoms with Gasteiger partial charge in [-0.2, -0.15) is 0 Å². The van der Waals surface area contributed by atoms with Crippen molar-refractivity contribution >= 4 is 27.2 Å². The van der Waals surface area contributed by atoms with Gasteiger partial charge in [0.2, 0.25) is 10.0 Å². The lowest BCUT2D eigenvalue weighted by Crippen LogP contribution is -2.69. The molecule has 1 aliphatic carbocycles. The lowest BCUT2D eigenvalue weighted by molar-refractivity contribution is -0.00495. The van der Waals surface area contributed by atoms with Crippen LogP contribution >= 0.6 is 0 Å². The van der Waals surface area contributed by atoms with Crippen molar-refractivity contribution in [3.8, 4) is 0 Å². The fraction of sp³-hybridized carbons (Fsp3) is 0.636. The van der Waals surface area contributed by atoms with Gasteiger partial charge in [0.15, 0.2) is 5.58 Å². The van der Waals surface area contributed by atoms with E-state index in [4.69, 9.17) is 9.15 Å². The summed E-state index contributed by atoms with van der Waals surface area (Å²) < 4.78 is 40.3. The third kappa shape index (κ3) is 3.99. The number of carboxylic acid groups (broad SMARTS) is 1. The van der Waals surface area contributed by atoms with Crippen molar-refractivity contribution in [2.45, 2.75) is 61.8 Å². The molecular weight excluding hydrogens is 434 g/mol. The van der Waals surface area contributed by atoms with E-state index in [9.17, 15) is 18.3 Å². The minimum atomic E-state index is -3.62. The van der Waals surface area contributed by atoms with Gasteiger partial charge in [-0.15, -0.1) is 0 Å². The third-order valence-corrected chi connectivity index (χ3v) is 9.25. The van der Waals surface area contributed by atoms with Crippen LogP contribution in [0.25, 0.3) is 11.1 Å². The van der Waals surface area contributed by atoms with E-state index in [2.05, 4.69) is 9.71 Å². The largest absolute Gasteiger partial charge is 0.465 e. The Bertz CT molecular complexity index is 1070. The van der Waals surface area contributed by atoms with Gasteiger partial charge >= 0.3 is 6.09 Å². The molecule has 32 heavy (non-hydrogen) atoms. The molecule has 0 spiro atoms. The maximum absolute atomic E-state index is 13.2. The zero-order valence-corrected chi connectivity index (χ0v) is 18.7. The van der Waals surface area contributed by atoms with Crippen molar-refractivity contribution in [2.24, 2.45) is 5.92 Å². The molecule has 2 aliphatic heterocycles. The summed E-state index contributed by atoms with van der Waals surface area (Å²) in [5, 5.41) is 8.81. The minimum Gasteiger partial charge on any atom is -0.465 e.